The molecule has 2 amide bonds. The molecule has 0 aliphatic carbocycles. The minimum Gasteiger partial charge on any atom is -0.452 e. The zero-order valence-electron chi connectivity index (χ0n) is 14.2. The van der Waals surface area contributed by atoms with Gasteiger partial charge in [0, 0.05) is 11.8 Å². The van der Waals surface area contributed by atoms with Crippen molar-refractivity contribution in [1.29, 1.82) is 0 Å². The number of hydrogen-bond donors (Lipinski definition) is 2. The molecule has 0 saturated heterocycles. The van der Waals surface area contributed by atoms with Crippen LogP contribution in [-0.2, 0) is 14.3 Å². The fourth-order valence-corrected chi connectivity index (χ4v) is 3.41. The summed E-state index contributed by atoms with van der Waals surface area (Å²) < 4.78 is 18.0. The van der Waals surface area contributed by atoms with Gasteiger partial charge in [-0.05, 0) is 37.6 Å². The molecule has 26 heavy (non-hydrogen) atoms. The predicted molar refractivity (Wildman–Crippen MR) is 98.4 cm³/mol. The van der Waals surface area contributed by atoms with E-state index in [1.54, 1.807) is 6.92 Å². The summed E-state index contributed by atoms with van der Waals surface area (Å²) in [7, 11) is 0. The van der Waals surface area contributed by atoms with E-state index in [4.69, 9.17) is 16.3 Å². The molecule has 1 aromatic carbocycles. The fourth-order valence-electron chi connectivity index (χ4n) is 2.10. The van der Waals surface area contributed by atoms with Gasteiger partial charge in [0.25, 0.3) is 5.91 Å². The second-order valence-corrected chi connectivity index (χ2v) is 7.05. The van der Waals surface area contributed by atoms with Crippen LogP contribution in [0, 0.1) is 19.7 Å². The molecule has 2 aromatic rings. The van der Waals surface area contributed by atoms with Crippen LogP contribution in [0.3, 0.4) is 0 Å². The zero-order valence-corrected chi connectivity index (χ0v) is 15.8. The first-order chi connectivity index (χ1) is 12.2. The van der Waals surface area contributed by atoms with Crippen LogP contribution in [0.1, 0.15) is 27.7 Å². The largest absolute Gasteiger partial charge is 0.452 e. The zero-order chi connectivity index (χ0) is 19.4. The maximum atomic E-state index is 13.0. The van der Waals surface area contributed by atoms with Crippen molar-refractivity contribution in [2.24, 2.45) is 0 Å². The number of aryl methyl sites for hydroxylation is 1. The summed E-state index contributed by atoms with van der Waals surface area (Å²) in [5.41, 5.74) is 1.09. The molecule has 0 saturated carbocycles. The maximum Gasteiger partial charge on any atom is 0.341 e. The van der Waals surface area contributed by atoms with Crippen LogP contribution < -0.4 is 10.6 Å². The number of anilines is 2. The van der Waals surface area contributed by atoms with Gasteiger partial charge in [-0.3, -0.25) is 9.59 Å². The summed E-state index contributed by atoms with van der Waals surface area (Å²) in [4.78, 5) is 36.4. The van der Waals surface area contributed by atoms with Gasteiger partial charge in [-0.1, -0.05) is 11.6 Å². The maximum absolute atomic E-state index is 13.0. The SMILES string of the molecule is CC(=O)Nc1sc(C)c(C)c1C(=O)OCC(=O)Nc1ccc(F)cc1Cl. The Morgan fingerprint density at radius 2 is 1.92 bits per heavy atom. The van der Waals surface area contributed by atoms with Crippen molar-refractivity contribution in [3.05, 3.63) is 45.0 Å². The number of rotatable bonds is 5. The van der Waals surface area contributed by atoms with Crippen molar-refractivity contribution < 1.29 is 23.5 Å². The molecule has 1 heterocycles. The third-order valence-corrected chi connectivity index (χ3v) is 4.85. The lowest BCUT2D eigenvalue weighted by molar-refractivity contribution is -0.119. The number of carbonyl (C=O) groups is 3. The van der Waals surface area contributed by atoms with E-state index in [1.165, 1.54) is 24.3 Å². The van der Waals surface area contributed by atoms with Gasteiger partial charge < -0.3 is 15.4 Å². The number of amides is 2. The first-order valence-corrected chi connectivity index (χ1v) is 8.68. The van der Waals surface area contributed by atoms with Crippen molar-refractivity contribution in [3.8, 4) is 0 Å². The first kappa shape index (κ1) is 19.9. The Labute approximate surface area is 158 Å². The second kappa shape index (κ2) is 8.29. The number of ether oxygens (including phenoxy) is 1. The van der Waals surface area contributed by atoms with Gasteiger partial charge in [0.15, 0.2) is 6.61 Å². The standard InChI is InChI=1S/C17H16ClFN2O4S/c1-8-9(2)26-16(20-10(3)22)15(8)17(24)25-7-14(23)21-13-5-4-11(19)6-12(13)18/h4-6H,7H2,1-3H3,(H,20,22)(H,21,23). The molecular weight excluding hydrogens is 383 g/mol. The fraction of sp³-hybridized carbons (Fsp3) is 0.235. The molecule has 0 aliphatic heterocycles. The molecule has 0 unspecified atom stereocenters. The van der Waals surface area contributed by atoms with Crippen LogP contribution in [0.2, 0.25) is 5.02 Å². The summed E-state index contributed by atoms with van der Waals surface area (Å²) in [5, 5.41) is 5.41. The third-order valence-electron chi connectivity index (χ3n) is 3.42. The molecule has 9 heteroatoms. The average Bonchev–Trinajstić information content (AvgIpc) is 2.81. The molecule has 0 aliphatic rings. The smallest absolute Gasteiger partial charge is 0.341 e. The monoisotopic (exact) mass is 398 g/mol. The summed E-state index contributed by atoms with van der Waals surface area (Å²) in [6.45, 7) is 4.32. The number of thiophene rings is 1. The van der Waals surface area contributed by atoms with Crippen molar-refractivity contribution in [2.45, 2.75) is 20.8 Å². The van der Waals surface area contributed by atoms with Gasteiger partial charge in [0.2, 0.25) is 5.91 Å². The Hall–Kier alpha value is -2.45. The van der Waals surface area contributed by atoms with Crippen molar-refractivity contribution in [1.82, 2.24) is 0 Å². The lowest BCUT2D eigenvalue weighted by atomic mass is 10.1. The number of esters is 1. The Bertz CT molecular complexity index is 882. The highest BCUT2D eigenvalue weighted by molar-refractivity contribution is 7.16. The highest BCUT2D eigenvalue weighted by Gasteiger charge is 2.22. The number of carbonyl (C=O) groups excluding carboxylic acids is 3. The Balaban J connectivity index is 2.04. The molecule has 2 N–H and O–H groups in total. The van der Waals surface area contributed by atoms with Gasteiger partial charge in [-0.15, -0.1) is 11.3 Å². The van der Waals surface area contributed by atoms with Crippen LogP contribution in [-0.4, -0.2) is 24.4 Å². The number of halogens is 2. The van der Waals surface area contributed by atoms with E-state index < -0.39 is 24.3 Å². The van der Waals surface area contributed by atoms with E-state index in [2.05, 4.69) is 10.6 Å². The lowest BCUT2D eigenvalue weighted by Crippen LogP contribution is -2.22. The molecular formula is C17H16ClFN2O4S. The van der Waals surface area contributed by atoms with Crippen molar-refractivity contribution in [2.75, 3.05) is 17.2 Å². The van der Waals surface area contributed by atoms with Crippen LogP contribution >= 0.6 is 22.9 Å². The minimum absolute atomic E-state index is 0.0296. The van der Waals surface area contributed by atoms with E-state index in [0.717, 1.165) is 17.0 Å². The van der Waals surface area contributed by atoms with Gasteiger partial charge in [0.1, 0.15) is 10.8 Å². The van der Waals surface area contributed by atoms with E-state index in [0.29, 0.717) is 10.6 Å². The number of benzene rings is 1. The molecule has 0 bridgehead atoms. The van der Waals surface area contributed by atoms with Crippen molar-refractivity contribution >= 4 is 51.4 Å². The number of nitrogens with one attached hydrogen (secondary N) is 2. The molecule has 0 spiro atoms. The molecule has 1 aromatic heterocycles. The Morgan fingerprint density at radius 1 is 1.23 bits per heavy atom. The van der Waals surface area contributed by atoms with Crippen LogP contribution in [0.15, 0.2) is 18.2 Å². The normalized spacial score (nSPS) is 10.3. The second-order valence-electron chi connectivity index (χ2n) is 5.42. The van der Waals surface area contributed by atoms with Crippen LogP contribution in [0.25, 0.3) is 0 Å². The highest BCUT2D eigenvalue weighted by Crippen LogP contribution is 2.33. The molecule has 0 fully saturated rings. The van der Waals surface area contributed by atoms with Gasteiger partial charge >= 0.3 is 5.97 Å². The summed E-state index contributed by atoms with van der Waals surface area (Å²) in [6.07, 6.45) is 0. The Kier molecular flexibility index (Phi) is 6.33. The topological polar surface area (TPSA) is 84.5 Å². The summed E-state index contributed by atoms with van der Waals surface area (Å²) in [5.74, 6) is -2.20. The van der Waals surface area contributed by atoms with Crippen molar-refractivity contribution in [3.63, 3.8) is 0 Å². The first-order valence-electron chi connectivity index (χ1n) is 7.48. The lowest BCUT2D eigenvalue weighted by Gasteiger charge is -2.09. The predicted octanol–water partition coefficient (Wildman–Crippen LogP) is 3.91. The number of hydrogen-bond acceptors (Lipinski definition) is 5. The Morgan fingerprint density at radius 3 is 2.54 bits per heavy atom. The van der Waals surface area contributed by atoms with E-state index in [-0.39, 0.29) is 22.2 Å². The summed E-state index contributed by atoms with van der Waals surface area (Å²) in [6, 6.07) is 3.50. The molecule has 0 radical (unpaired) electrons. The van der Waals surface area contributed by atoms with Crippen LogP contribution in [0.4, 0.5) is 15.1 Å². The molecule has 0 atom stereocenters. The highest BCUT2D eigenvalue weighted by atomic mass is 35.5. The van der Waals surface area contributed by atoms with E-state index in [9.17, 15) is 18.8 Å². The average molecular weight is 399 g/mol. The third kappa shape index (κ3) is 4.80. The van der Waals surface area contributed by atoms with E-state index in [1.807, 2.05) is 6.92 Å². The molecule has 6 nitrogen and oxygen atoms in total. The molecule has 138 valence electrons. The van der Waals surface area contributed by atoms with Crippen LogP contribution in [0.5, 0.6) is 0 Å². The van der Waals surface area contributed by atoms with Gasteiger partial charge in [0.05, 0.1) is 16.3 Å². The summed E-state index contributed by atoms with van der Waals surface area (Å²) >= 11 is 7.08. The quantitative estimate of drug-likeness (QED) is 0.748. The van der Waals surface area contributed by atoms with Gasteiger partial charge in [-0.2, -0.15) is 0 Å². The van der Waals surface area contributed by atoms with E-state index >= 15 is 0 Å². The minimum atomic E-state index is -0.726. The van der Waals surface area contributed by atoms with Gasteiger partial charge in [-0.25, -0.2) is 9.18 Å². The molecule has 2 rings (SSSR count).